The lowest BCUT2D eigenvalue weighted by atomic mass is 10.0. The van der Waals surface area contributed by atoms with E-state index in [4.69, 9.17) is 4.43 Å². The van der Waals surface area contributed by atoms with Crippen LogP contribution >= 0.6 is 0 Å². The second-order valence-corrected chi connectivity index (χ2v) is 24.5. The quantitative estimate of drug-likeness (QED) is 0.0498. The molecule has 0 unspecified atom stereocenters. The Kier molecular flexibility index (Phi) is 33.0. The van der Waals surface area contributed by atoms with Gasteiger partial charge in [-0.1, -0.05) is 247 Å². The Hall–Kier alpha value is -0.393. The maximum atomic E-state index is 13.8. The molecule has 1 fully saturated rings. The highest BCUT2D eigenvalue weighted by Gasteiger charge is 2.48. The lowest BCUT2D eigenvalue weighted by molar-refractivity contribution is -0.136. The molecule has 1 aliphatic rings. The molecular formula is C50H101NO3Si. The fourth-order valence-corrected chi connectivity index (χ4v) is 10.1. The van der Waals surface area contributed by atoms with Gasteiger partial charge in [0.2, 0.25) is 5.91 Å². The number of hydrogen-bond donors (Lipinski definition) is 1. The summed E-state index contributed by atoms with van der Waals surface area (Å²) < 4.78 is 6.92. The van der Waals surface area contributed by atoms with Crippen molar-refractivity contribution in [2.24, 2.45) is 0 Å². The molecule has 0 radical (unpaired) electrons. The first kappa shape index (κ1) is 52.6. The van der Waals surface area contributed by atoms with Gasteiger partial charge in [0.15, 0.2) is 8.32 Å². The zero-order chi connectivity index (χ0) is 40.5. The molecule has 3 atom stereocenters. The molecule has 55 heavy (non-hydrogen) atoms. The summed E-state index contributed by atoms with van der Waals surface area (Å²) in [6.45, 7) is 16.1. The topological polar surface area (TPSA) is 49.8 Å². The summed E-state index contributed by atoms with van der Waals surface area (Å²) in [4.78, 5) is 15.9. The van der Waals surface area contributed by atoms with Crippen LogP contribution in [-0.4, -0.2) is 49.0 Å². The highest BCUT2D eigenvalue weighted by atomic mass is 28.4. The number of aliphatic hydroxyl groups is 1. The van der Waals surface area contributed by atoms with E-state index >= 15 is 0 Å². The van der Waals surface area contributed by atoms with Crippen molar-refractivity contribution in [1.29, 1.82) is 0 Å². The van der Waals surface area contributed by atoms with Gasteiger partial charge in [-0.3, -0.25) is 4.79 Å². The first-order valence-corrected chi connectivity index (χ1v) is 28.1. The third kappa shape index (κ3) is 26.4. The number of hydrogen-bond acceptors (Lipinski definition) is 3. The highest BCUT2D eigenvalue weighted by molar-refractivity contribution is 6.74. The minimum absolute atomic E-state index is 0.0131. The molecule has 1 aliphatic heterocycles. The van der Waals surface area contributed by atoms with E-state index < -0.39 is 8.32 Å². The summed E-state index contributed by atoms with van der Waals surface area (Å²) in [5, 5.41) is 10.7. The van der Waals surface area contributed by atoms with Crippen molar-refractivity contribution >= 4 is 14.2 Å². The maximum absolute atomic E-state index is 13.8. The number of aliphatic hydroxyl groups excluding tert-OH is 1. The number of amides is 1. The number of carbonyl (C=O) groups excluding carboxylic acids is 1. The monoisotopic (exact) mass is 792 g/mol. The Bertz CT molecular complexity index is 856. The minimum Gasteiger partial charge on any atom is -0.412 e. The molecule has 0 saturated carbocycles. The maximum Gasteiger partial charge on any atom is 0.223 e. The van der Waals surface area contributed by atoms with E-state index in [0.717, 1.165) is 25.7 Å². The Labute approximate surface area is 347 Å². The van der Waals surface area contributed by atoms with Crippen LogP contribution in [0.25, 0.3) is 0 Å². The van der Waals surface area contributed by atoms with E-state index in [1.807, 2.05) is 0 Å². The Balaban J connectivity index is 2.24. The van der Waals surface area contributed by atoms with Gasteiger partial charge in [0.1, 0.15) is 0 Å². The van der Waals surface area contributed by atoms with Crippen LogP contribution in [0.2, 0.25) is 18.1 Å². The van der Waals surface area contributed by atoms with Crippen molar-refractivity contribution in [3.05, 3.63) is 0 Å². The first-order chi connectivity index (χ1) is 26.6. The molecule has 0 aliphatic carbocycles. The van der Waals surface area contributed by atoms with Gasteiger partial charge < -0.3 is 14.4 Å². The van der Waals surface area contributed by atoms with Crippen LogP contribution in [0, 0.1) is 0 Å². The standard InChI is InChI=1S/C50H101NO3Si/c1-8-10-12-14-16-18-20-21-22-23-24-25-26-27-28-29-30-31-33-35-37-39-41-43-49(53)51-46(42-40-38-36-34-32-19-17-15-13-11-9-2)44-48(47(51)45-52)54-55(6,7)50(3,4)5/h46-48,52H,8-45H2,1-7H3/t46-,47-,48+/m0/s1. The van der Waals surface area contributed by atoms with Crippen LogP contribution in [0.15, 0.2) is 0 Å². The molecule has 0 spiro atoms. The average Bonchev–Trinajstić information content (AvgIpc) is 3.49. The van der Waals surface area contributed by atoms with Crippen molar-refractivity contribution in [3.63, 3.8) is 0 Å². The molecule has 328 valence electrons. The van der Waals surface area contributed by atoms with Crippen LogP contribution in [0.5, 0.6) is 0 Å². The van der Waals surface area contributed by atoms with Gasteiger partial charge in [-0.2, -0.15) is 0 Å². The Morgan fingerprint density at radius 2 is 0.855 bits per heavy atom. The SMILES string of the molecule is CCCCCCCCCCCCCCCCCCCCCCCCCC(=O)N1[C@@H](CCCCCCCCCCCCC)C[C@@H](O[Si](C)(C)C(C)(C)C)[C@@H]1CO. The summed E-state index contributed by atoms with van der Waals surface area (Å²) in [6.07, 6.45) is 49.1. The zero-order valence-corrected chi connectivity index (χ0v) is 39.8. The summed E-state index contributed by atoms with van der Waals surface area (Å²) in [6, 6.07) is 0.0198. The van der Waals surface area contributed by atoms with Gasteiger partial charge in [0.05, 0.1) is 18.8 Å². The molecule has 1 saturated heterocycles. The van der Waals surface area contributed by atoms with Crippen molar-refractivity contribution in [3.8, 4) is 0 Å². The fourth-order valence-electron chi connectivity index (χ4n) is 8.76. The third-order valence-corrected chi connectivity index (χ3v) is 18.1. The second-order valence-electron chi connectivity index (χ2n) is 19.7. The average molecular weight is 792 g/mol. The van der Waals surface area contributed by atoms with E-state index in [1.54, 1.807) is 0 Å². The van der Waals surface area contributed by atoms with Crippen LogP contribution in [0.3, 0.4) is 0 Å². The fraction of sp³-hybridized carbons (Fsp3) is 0.980. The smallest absolute Gasteiger partial charge is 0.223 e. The van der Waals surface area contributed by atoms with Crippen LogP contribution in [0.4, 0.5) is 0 Å². The van der Waals surface area contributed by atoms with Crippen molar-refractivity contribution in [2.75, 3.05) is 6.61 Å². The van der Waals surface area contributed by atoms with Crippen molar-refractivity contribution in [1.82, 2.24) is 4.90 Å². The van der Waals surface area contributed by atoms with Gasteiger partial charge in [0, 0.05) is 12.5 Å². The van der Waals surface area contributed by atoms with E-state index in [2.05, 4.69) is 52.6 Å². The largest absolute Gasteiger partial charge is 0.412 e. The molecule has 0 aromatic carbocycles. The van der Waals surface area contributed by atoms with E-state index in [-0.39, 0.29) is 35.7 Å². The molecule has 5 heteroatoms. The summed E-state index contributed by atoms with van der Waals surface area (Å²) in [5.41, 5.74) is 0. The minimum atomic E-state index is -2.01. The second kappa shape index (κ2) is 34.5. The number of rotatable bonds is 39. The number of carbonyl (C=O) groups is 1. The summed E-state index contributed by atoms with van der Waals surface area (Å²) in [7, 11) is -2.01. The van der Waals surface area contributed by atoms with E-state index in [1.165, 1.54) is 205 Å². The Morgan fingerprint density at radius 3 is 1.16 bits per heavy atom. The van der Waals surface area contributed by atoms with Crippen LogP contribution in [0.1, 0.15) is 272 Å². The van der Waals surface area contributed by atoms with Gasteiger partial charge >= 0.3 is 0 Å². The lowest BCUT2D eigenvalue weighted by Crippen LogP contribution is -2.50. The molecule has 0 aromatic heterocycles. The molecule has 1 amide bonds. The molecule has 1 heterocycles. The summed E-state index contributed by atoms with van der Waals surface area (Å²) >= 11 is 0. The molecule has 4 nitrogen and oxygen atoms in total. The highest BCUT2D eigenvalue weighted by Crippen LogP contribution is 2.41. The van der Waals surface area contributed by atoms with E-state index in [9.17, 15) is 9.90 Å². The predicted molar refractivity (Wildman–Crippen MR) is 246 cm³/mol. The van der Waals surface area contributed by atoms with Crippen LogP contribution < -0.4 is 0 Å². The normalized spacial score (nSPS) is 17.8. The zero-order valence-electron chi connectivity index (χ0n) is 38.8. The first-order valence-electron chi connectivity index (χ1n) is 25.2. The number of likely N-dealkylation sites (tertiary alicyclic amines) is 1. The van der Waals surface area contributed by atoms with E-state index in [0.29, 0.717) is 6.42 Å². The Morgan fingerprint density at radius 1 is 0.545 bits per heavy atom. The van der Waals surface area contributed by atoms with Gasteiger partial charge in [-0.15, -0.1) is 0 Å². The number of nitrogens with zero attached hydrogens (tertiary/aromatic N) is 1. The molecule has 0 aromatic rings. The van der Waals surface area contributed by atoms with Gasteiger partial charge in [-0.05, 0) is 37.4 Å². The third-order valence-electron chi connectivity index (χ3n) is 13.5. The van der Waals surface area contributed by atoms with Gasteiger partial charge in [-0.25, -0.2) is 0 Å². The molecular weight excluding hydrogens is 691 g/mol. The number of unbranched alkanes of at least 4 members (excludes halogenated alkanes) is 32. The predicted octanol–water partition coefficient (Wildman–Crippen LogP) is 16.4. The van der Waals surface area contributed by atoms with Crippen molar-refractivity contribution < 1.29 is 14.3 Å². The van der Waals surface area contributed by atoms with Gasteiger partial charge in [0.25, 0.3) is 0 Å². The van der Waals surface area contributed by atoms with Crippen molar-refractivity contribution in [2.45, 2.75) is 309 Å². The molecule has 1 N–H and O–H groups in total. The lowest BCUT2D eigenvalue weighted by Gasteiger charge is -2.40. The van der Waals surface area contributed by atoms with Crippen LogP contribution in [-0.2, 0) is 9.22 Å². The molecule has 1 rings (SSSR count). The molecule has 0 bridgehead atoms. The summed E-state index contributed by atoms with van der Waals surface area (Å²) in [5.74, 6) is 0.261.